The molecular formula is C76H141NO18. The summed E-state index contributed by atoms with van der Waals surface area (Å²) in [4.78, 5) is 13.4. The van der Waals surface area contributed by atoms with Crippen LogP contribution in [0.5, 0.6) is 0 Å². The van der Waals surface area contributed by atoms with Crippen molar-refractivity contribution in [3.05, 3.63) is 36.5 Å². The summed E-state index contributed by atoms with van der Waals surface area (Å²) in [7, 11) is 0. The summed E-state index contributed by atoms with van der Waals surface area (Å²) in [5.74, 6) is -0.280. The largest absolute Gasteiger partial charge is 0.394 e. The molecule has 19 heteroatoms. The monoisotopic (exact) mass is 1360 g/mol. The van der Waals surface area contributed by atoms with Gasteiger partial charge in [0, 0.05) is 6.42 Å². The average Bonchev–Trinajstić information content (AvgIpc) is 0.787. The fourth-order valence-electron chi connectivity index (χ4n) is 13.2. The molecule has 3 rings (SSSR count). The van der Waals surface area contributed by atoms with Gasteiger partial charge in [0.2, 0.25) is 5.91 Å². The fraction of sp³-hybridized carbons (Fsp3) is 0.908. The Morgan fingerprint density at radius 3 is 1.08 bits per heavy atom. The highest BCUT2D eigenvalue weighted by molar-refractivity contribution is 5.76. The van der Waals surface area contributed by atoms with Gasteiger partial charge in [-0.3, -0.25) is 4.79 Å². The number of carbonyl (C=O) groups is 1. The number of hydrogen-bond donors (Lipinski definition) is 12. The molecule has 0 aromatic heterocycles. The molecule has 0 spiro atoms. The highest BCUT2D eigenvalue weighted by atomic mass is 16.8. The maximum absolute atomic E-state index is 13.4. The first-order valence-electron chi connectivity index (χ1n) is 38.7. The maximum atomic E-state index is 13.4. The van der Waals surface area contributed by atoms with Crippen LogP contribution in [-0.4, -0.2) is 193 Å². The molecule has 3 saturated heterocycles. The molecule has 95 heavy (non-hydrogen) atoms. The standard InChI is InChI=1S/C76H141NO18/c1-3-5-7-9-11-13-15-17-19-21-23-24-25-26-27-28-29-30-31-32-33-34-35-36-37-39-41-43-45-47-49-51-53-60(81)59(77-64(82)54-52-50-48-46-44-42-40-38-22-20-18-16-14-12-10-8-6-4-2)58-90-74-70(88)67(85)72(62(56-79)92-74)95-76-71(89)68(86)73(63(57-80)93-76)94-75-69(87)66(84)65(83)61(55-78)91-75/h14,16,20,22,51,53,59-63,65-76,78-81,83-89H,3-13,15,17-19,21,23-50,52,54-58H2,1-2H3,(H,77,82)/b16-14-,22-20-,53-51+. The molecule has 0 bridgehead atoms. The first-order chi connectivity index (χ1) is 46.3. The van der Waals surface area contributed by atoms with E-state index >= 15 is 0 Å². The van der Waals surface area contributed by atoms with Crippen LogP contribution < -0.4 is 5.32 Å². The summed E-state index contributed by atoms with van der Waals surface area (Å²) in [6.45, 7) is 1.75. The van der Waals surface area contributed by atoms with Gasteiger partial charge in [0.05, 0.1) is 38.6 Å². The van der Waals surface area contributed by atoms with E-state index in [1.807, 2.05) is 6.08 Å². The zero-order valence-electron chi connectivity index (χ0n) is 59.4. The van der Waals surface area contributed by atoms with Crippen LogP contribution in [-0.2, 0) is 33.2 Å². The van der Waals surface area contributed by atoms with Gasteiger partial charge >= 0.3 is 0 Å². The Labute approximate surface area is 574 Å². The molecule has 3 fully saturated rings. The SMILES string of the molecule is CCCCCC/C=C\C/C=C\CCCCCCCCCC(=O)NC(COC1OC(CO)C(OC2OC(CO)C(OC3OC(CO)C(O)C(O)C3O)C(O)C2O)C(O)C1O)C(O)/C=C/CCCCCCCCCCCCCCCCCCCCCCCCCCCCCCCC. The van der Waals surface area contributed by atoms with E-state index in [1.54, 1.807) is 6.08 Å². The van der Waals surface area contributed by atoms with E-state index in [1.165, 1.54) is 199 Å². The van der Waals surface area contributed by atoms with Crippen LogP contribution >= 0.6 is 0 Å². The molecule has 3 aliphatic rings. The van der Waals surface area contributed by atoms with Crippen molar-refractivity contribution in [3.63, 3.8) is 0 Å². The van der Waals surface area contributed by atoms with Crippen molar-refractivity contribution < 1.29 is 89.4 Å². The third kappa shape index (κ3) is 38.6. The van der Waals surface area contributed by atoms with Crippen LogP contribution in [0.2, 0.25) is 0 Å². The summed E-state index contributed by atoms with van der Waals surface area (Å²) in [5, 5.41) is 121. The smallest absolute Gasteiger partial charge is 0.220 e. The molecule has 0 radical (unpaired) electrons. The number of ether oxygens (including phenoxy) is 6. The third-order valence-corrected chi connectivity index (χ3v) is 19.4. The van der Waals surface area contributed by atoms with E-state index < -0.39 is 124 Å². The van der Waals surface area contributed by atoms with E-state index in [0.29, 0.717) is 6.42 Å². The van der Waals surface area contributed by atoms with Crippen molar-refractivity contribution in [1.29, 1.82) is 0 Å². The zero-order chi connectivity index (χ0) is 68.9. The predicted octanol–water partition coefficient (Wildman–Crippen LogP) is 11.9. The van der Waals surface area contributed by atoms with Crippen molar-refractivity contribution in [2.24, 2.45) is 0 Å². The van der Waals surface area contributed by atoms with Gasteiger partial charge in [0.25, 0.3) is 0 Å². The molecule has 0 aliphatic carbocycles. The minimum Gasteiger partial charge on any atom is -0.394 e. The second-order valence-electron chi connectivity index (χ2n) is 27.8. The second kappa shape index (κ2) is 57.6. The van der Waals surface area contributed by atoms with Crippen molar-refractivity contribution in [1.82, 2.24) is 5.32 Å². The van der Waals surface area contributed by atoms with Crippen molar-refractivity contribution in [2.45, 2.75) is 413 Å². The molecule has 3 aliphatic heterocycles. The Bertz CT molecular complexity index is 1860. The number of unbranched alkanes of at least 4 members (excludes halogenated alkanes) is 41. The Kier molecular flexibility index (Phi) is 52.9. The van der Waals surface area contributed by atoms with Crippen LogP contribution in [0, 0.1) is 0 Å². The average molecular weight is 1360 g/mol. The van der Waals surface area contributed by atoms with E-state index in [-0.39, 0.29) is 18.9 Å². The number of amides is 1. The quantitative estimate of drug-likeness (QED) is 0.0199. The molecule has 3 heterocycles. The highest BCUT2D eigenvalue weighted by Gasteiger charge is 2.53. The number of nitrogens with one attached hydrogen (secondary N) is 1. The molecule has 0 aromatic carbocycles. The first kappa shape index (κ1) is 87.2. The zero-order valence-corrected chi connectivity index (χ0v) is 59.4. The van der Waals surface area contributed by atoms with Gasteiger partial charge in [-0.1, -0.05) is 288 Å². The van der Waals surface area contributed by atoms with Crippen molar-refractivity contribution >= 4 is 5.91 Å². The first-order valence-corrected chi connectivity index (χ1v) is 38.7. The Morgan fingerprint density at radius 2 is 0.695 bits per heavy atom. The number of allylic oxidation sites excluding steroid dienone is 5. The molecule has 17 atom stereocenters. The maximum Gasteiger partial charge on any atom is 0.220 e. The number of aliphatic hydroxyl groups excluding tert-OH is 11. The molecule has 19 nitrogen and oxygen atoms in total. The lowest BCUT2D eigenvalue weighted by atomic mass is 9.96. The number of aliphatic hydroxyl groups is 11. The van der Waals surface area contributed by atoms with E-state index in [0.717, 1.165) is 83.5 Å². The van der Waals surface area contributed by atoms with Crippen molar-refractivity contribution in [3.8, 4) is 0 Å². The molecule has 558 valence electrons. The third-order valence-electron chi connectivity index (χ3n) is 19.4. The molecule has 17 unspecified atom stereocenters. The molecule has 1 amide bonds. The Morgan fingerprint density at radius 1 is 0.379 bits per heavy atom. The van der Waals surface area contributed by atoms with E-state index in [4.69, 9.17) is 28.4 Å². The summed E-state index contributed by atoms with van der Waals surface area (Å²) in [6, 6.07) is -0.979. The fourth-order valence-corrected chi connectivity index (χ4v) is 13.2. The Hall–Kier alpha value is -1.99. The molecule has 12 N–H and O–H groups in total. The second-order valence-corrected chi connectivity index (χ2v) is 27.8. The van der Waals surface area contributed by atoms with Crippen molar-refractivity contribution in [2.75, 3.05) is 26.4 Å². The van der Waals surface area contributed by atoms with Gasteiger partial charge in [-0.15, -0.1) is 0 Å². The normalized spacial score (nSPS) is 27.4. The van der Waals surface area contributed by atoms with Crippen LogP contribution in [0.15, 0.2) is 36.5 Å². The summed E-state index contributed by atoms with van der Waals surface area (Å²) in [6.07, 6.45) is 42.8. The lowest BCUT2D eigenvalue weighted by molar-refractivity contribution is -0.379. The van der Waals surface area contributed by atoms with Crippen LogP contribution in [0.4, 0.5) is 0 Å². The van der Waals surface area contributed by atoms with E-state index in [9.17, 15) is 61.0 Å². The van der Waals surface area contributed by atoms with Crippen LogP contribution in [0.1, 0.15) is 309 Å². The number of carbonyl (C=O) groups excluding carboxylic acids is 1. The van der Waals surface area contributed by atoms with Gasteiger partial charge in [-0.05, 0) is 51.4 Å². The Balaban J connectivity index is 1.38. The summed E-state index contributed by atoms with van der Waals surface area (Å²) in [5.41, 5.74) is 0. The predicted molar refractivity (Wildman–Crippen MR) is 374 cm³/mol. The van der Waals surface area contributed by atoms with Crippen LogP contribution in [0.3, 0.4) is 0 Å². The summed E-state index contributed by atoms with van der Waals surface area (Å²) < 4.78 is 34.4. The van der Waals surface area contributed by atoms with Gasteiger partial charge in [-0.2, -0.15) is 0 Å². The number of hydrogen-bond acceptors (Lipinski definition) is 18. The minimum atomic E-state index is -1.98. The lowest BCUT2D eigenvalue weighted by Crippen LogP contribution is -2.66. The minimum absolute atomic E-state index is 0.235. The molecule has 0 saturated carbocycles. The lowest BCUT2D eigenvalue weighted by Gasteiger charge is -2.48. The van der Waals surface area contributed by atoms with Gasteiger partial charge < -0.3 is 89.9 Å². The summed E-state index contributed by atoms with van der Waals surface area (Å²) >= 11 is 0. The topological polar surface area (TPSA) is 307 Å². The number of rotatable bonds is 61. The molecule has 0 aromatic rings. The van der Waals surface area contributed by atoms with Gasteiger partial charge in [-0.25, -0.2) is 0 Å². The van der Waals surface area contributed by atoms with Gasteiger partial charge in [0.1, 0.15) is 73.2 Å². The van der Waals surface area contributed by atoms with Crippen LogP contribution in [0.25, 0.3) is 0 Å². The van der Waals surface area contributed by atoms with Gasteiger partial charge in [0.15, 0.2) is 18.9 Å². The molecular weight excluding hydrogens is 1210 g/mol. The van der Waals surface area contributed by atoms with E-state index in [2.05, 4.69) is 43.5 Å². The highest BCUT2D eigenvalue weighted by Crippen LogP contribution is 2.33.